The minimum Gasteiger partial charge on any atom is -0.463 e. The first-order valence-corrected chi connectivity index (χ1v) is 5.99. The number of carbonyl (C=O) groups excluding carboxylic acids is 1. The van der Waals surface area contributed by atoms with E-state index >= 15 is 0 Å². The van der Waals surface area contributed by atoms with Crippen molar-refractivity contribution in [3.05, 3.63) is 0 Å². The van der Waals surface area contributed by atoms with Crippen molar-refractivity contribution < 1.29 is 33.2 Å². The molecule has 0 aromatic carbocycles. The van der Waals surface area contributed by atoms with Gasteiger partial charge in [-0.05, 0) is 0 Å². The minimum atomic E-state index is -0.609. The first kappa shape index (κ1) is 16.3. The van der Waals surface area contributed by atoms with E-state index in [2.05, 4.69) is 0 Å². The van der Waals surface area contributed by atoms with Crippen LogP contribution in [0.5, 0.6) is 0 Å². The third-order valence-corrected chi connectivity index (χ3v) is 3.09. The van der Waals surface area contributed by atoms with Crippen LogP contribution in [0, 0.1) is 0 Å². The summed E-state index contributed by atoms with van der Waals surface area (Å²) < 4.78 is 32.0. The first-order valence-electron chi connectivity index (χ1n) is 5.99. The van der Waals surface area contributed by atoms with Gasteiger partial charge in [-0.1, -0.05) is 0 Å². The van der Waals surface area contributed by atoms with Crippen LogP contribution in [0.4, 0.5) is 0 Å². The summed E-state index contributed by atoms with van der Waals surface area (Å²) in [5.74, 6) is -0.379. The van der Waals surface area contributed by atoms with Gasteiger partial charge in [0.15, 0.2) is 6.29 Å². The Morgan fingerprint density at radius 3 is 1.95 bits per heavy atom. The van der Waals surface area contributed by atoms with E-state index in [1.54, 1.807) is 21.3 Å². The molecule has 0 saturated carbocycles. The maximum absolute atomic E-state index is 10.9. The SMILES string of the molecule is COC1OC(COC(C)=O)C(OC)C(OC)C1OC. The highest BCUT2D eigenvalue weighted by molar-refractivity contribution is 5.65. The average molecular weight is 278 g/mol. The van der Waals surface area contributed by atoms with Crippen LogP contribution >= 0.6 is 0 Å². The Balaban J connectivity index is 2.82. The molecule has 1 aliphatic rings. The van der Waals surface area contributed by atoms with Crippen LogP contribution in [0.3, 0.4) is 0 Å². The maximum atomic E-state index is 10.9. The number of methoxy groups -OCH3 is 4. The molecule has 0 N–H and O–H groups in total. The molecule has 1 aliphatic heterocycles. The fourth-order valence-electron chi connectivity index (χ4n) is 2.20. The zero-order valence-electron chi connectivity index (χ0n) is 12.0. The molecule has 5 atom stereocenters. The molecule has 1 rings (SSSR count). The number of ether oxygens (including phenoxy) is 6. The number of hydrogen-bond donors (Lipinski definition) is 0. The van der Waals surface area contributed by atoms with E-state index in [-0.39, 0.29) is 18.7 Å². The summed E-state index contributed by atoms with van der Waals surface area (Å²) in [6, 6.07) is 0. The van der Waals surface area contributed by atoms with Gasteiger partial charge in [0, 0.05) is 35.4 Å². The third kappa shape index (κ3) is 3.87. The van der Waals surface area contributed by atoms with Gasteiger partial charge >= 0.3 is 5.97 Å². The monoisotopic (exact) mass is 278 g/mol. The Morgan fingerprint density at radius 1 is 0.947 bits per heavy atom. The van der Waals surface area contributed by atoms with Crippen molar-refractivity contribution in [1.29, 1.82) is 0 Å². The average Bonchev–Trinajstić information content (AvgIpc) is 2.42. The molecule has 0 spiro atoms. The summed E-state index contributed by atoms with van der Waals surface area (Å²) in [6.07, 6.45) is -2.31. The lowest BCUT2D eigenvalue weighted by Gasteiger charge is -2.43. The normalized spacial score (nSPS) is 35.1. The molecule has 19 heavy (non-hydrogen) atoms. The van der Waals surface area contributed by atoms with Crippen molar-refractivity contribution in [3.63, 3.8) is 0 Å². The molecule has 1 heterocycles. The molecule has 112 valence electrons. The van der Waals surface area contributed by atoms with E-state index in [1.807, 2.05) is 0 Å². The summed E-state index contributed by atoms with van der Waals surface area (Å²) in [6.45, 7) is 1.41. The highest BCUT2D eigenvalue weighted by Gasteiger charge is 2.47. The fraction of sp³-hybridized carbons (Fsp3) is 0.917. The summed E-state index contributed by atoms with van der Waals surface area (Å²) >= 11 is 0. The van der Waals surface area contributed by atoms with Crippen LogP contribution in [0.15, 0.2) is 0 Å². The van der Waals surface area contributed by atoms with Crippen molar-refractivity contribution in [3.8, 4) is 0 Å². The third-order valence-electron chi connectivity index (χ3n) is 3.09. The first-order chi connectivity index (χ1) is 9.08. The van der Waals surface area contributed by atoms with Crippen molar-refractivity contribution in [2.24, 2.45) is 0 Å². The van der Waals surface area contributed by atoms with Gasteiger partial charge in [-0.25, -0.2) is 0 Å². The van der Waals surface area contributed by atoms with Crippen molar-refractivity contribution in [2.75, 3.05) is 35.0 Å². The predicted octanol–water partition coefficient (Wildman–Crippen LogP) is -0.0342. The number of esters is 1. The minimum absolute atomic E-state index is 0.0734. The molecule has 0 aliphatic carbocycles. The smallest absolute Gasteiger partial charge is 0.302 e. The molecular weight excluding hydrogens is 256 g/mol. The Morgan fingerprint density at radius 2 is 1.53 bits per heavy atom. The van der Waals surface area contributed by atoms with E-state index < -0.39 is 24.6 Å². The Bertz CT molecular complexity index is 283. The molecule has 0 amide bonds. The van der Waals surface area contributed by atoms with E-state index in [1.165, 1.54) is 14.0 Å². The van der Waals surface area contributed by atoms with Gasteiger partial charge < -0.3 is 28.4 Å². The molecule has 0 radical (unpaired) electrons. The zero-order valence-corrected chi connectivity index (χ0v) is 12.0. The second-order valence-corrected chi connectivity index (χ2v) is 4.18. The van der Waals surface area contributed by atoms with Gasteiger partial charge in [0.25, 0.3) is 0 Å². The quantitative estimate of drug-likeness (QED) is 0.631. The van der Waals surface area contributed by atoms with Gasteiger partial charge in [-0.15, -0.1) is 0 Å². The van der Waals surface area contributed by atoms with E-state index in [4.69, 9.17) is 28.4 Å². The van der Waals surface area contributed by atoms with Crippen LogP contribution in [0.1, 0.15) is 6.92 Å². The molecule has 0 aromatic heterocycles. The number of carbonyl (C=O) groups is 1. The molecule has 5 unspecified atom stereocenters. The van der Waals surface area contributed by atoms with Gasteiger partial charge in [0.1, 0.15) is 31.0 Å². The van der Waals surface area contributed by atoms with Crippen molar-refractivity contribution >= 4 is 5.97 Å². The zero-order chi connectivity index (χ0) is 14.4. The fourth-order valence-corrected chi connectivity index (χ4v) is 2.20. The number of rotatable bonds is 6. The molecule has 7 heteroatoms. The second kappa shape index (κ2) is 7.76. The molecule has 0 aromatic rings. The lowest BCUT2D eigenvalue weighted by Crippen LogP contribution is -2.61. The molecule has 1 saturated heterocycles. The summed E-state index contributed by atoms with van der Waals surface area (Å²) in [7, 11) is 6.16. The molecule has 1 fully saturated rings. The van der Waals surface area contributed by atoms with Crippen LogP contribution in [-0.4, -0.2) is 71.7 Å². The Kier molecular flexibility index (Phi) is 6.67. The highest BCUT2D eigenvalue weighted by atomic mass is 16.7. The van der Waals surface area contributed by atoms with Gasteiger partial charge in [0.05, 0.1) is 0 Å². The van der Waals surface area contributed by atoms with Crippen molar-refractivity contribution in [2.45, 2.75) is 37.6 Å². The summed E-state index contributed by atoms with van der Waals surface area (Å²) in [4.78, 5) is 10.9. The maximum Gasteiger partial charge on any atom is 0.302 e. The van der Waals surface area contributed by atoms with Crippen LogP contribution in [0.25, 0.3) is 0 Å². The van der Waals surface area contributed by atoms with Gasteiger partial charge in [-0.2, -0.15) is 0 Å². The lowest BCUT2D eigenvalue weighted by atomic mass is 9.98. The highest BCUT2D eigenvalue weighted by Crippen LogP contribution is 2.27. The predicted molar refractivity (Wildman–Crippen MR) is 64.7 cm³/mol. The van der Waals surface area contributed by atoms with E-state index in [9.17, 15) is 4.79 Å². The van der Waals surface area contributed by atoms with Crippen LogP contribution < -0.4 is 0 Å². The number of hydrogen-bond acceptors (Lipinski definition) is 7. The van der Waals surface area contributed by atoms with Gasteiger partial charge in [0.2, 0.25) is 0 Å². The molecule has 0 bridgehead atoms. The lowest BCUT2D eigenvalue weighted by molar-refractivity contribution is -0.307. The molecular formula is C12H22O7. The van der Waals surface area contributed by atoms with E-state index in [0.717, 1.165) is 0 Å². The van der Waals surface area contributed by atoms with E-state index in [0.29, 0.717) is 0 Å². The Hall–Kier alpha value is -0.730. The molecule has 7 nitrogen and oxygen atoms in total. The summed E-state index contributed by atoms with van der Waals surface area (Å²) in [5, 5.41) is 0. The second-order valence-electron chi connectivity index (χ2n) is 4.18. The Labute approximate surface area is 113 Å². The standard InChI is InChI=1S/C12H22O7/c1-7(13)18-6-8-9(14-2)10(15-3)11(16-4)12(17-5)19-8/h8-12H,6H2,1-5H3. The van der Waals surface area contributed by atoms with Crippen LogP contribution in [0.2, 0.25) is 0 Å². The topological polar surface area (TPSA) is 72.5 Å². The van der Waals surface area contributed by atoms with Gasteiger partial charge in [-0.3, -0.25) is 4.79 Å². The van der Waals surface area contributed by atoms with Crippen molar-refractivity contribution in [1.82, 2.24) is 0 Å². The summed E-state index contributed by atoms with van der Waals surface area (Å²) in [5.41, 5.74) is 0. The van der Waals surface area contributed by atoms with Crippen LogP contribution in [-0.2, 0) is 33.2 Å². The largest absolute Gasteiger partial charge is 0.463 e.